The fraction of sp³-hybridized carbons (Fsp3) is 0.600. The Hall–Kier alpha value is -2.37. The van der Waals surface area contributed by atoms with E-state index in [4.69, 9.17) is 0 Å². The molecule has 11 nitrogen and oxygen atoms in total. The number of hydrogen-bond donors (Lipinski definition) is 2. The van der Waals surface area contributed by atoms with Crippen LogP contribution in [-0.4, -0.2) is 69.8 Å². The molecule has 39 heavy (non-hydrogen) atoms. The Morgan fingerprint density at radius 3 is 2.10 bits per heavy atom. The van der Waals surface area contributed by atoms with Gasteiger partial charge in [0.25, 0.3) is 5.91 Å². The Morgan fingerprint density at radius 1 is 1.08 bits per heavy atom. The summed E-state index contributed by atoms with van der Waals surface area (Å²) in [5.74, 6) is -0.611. The number of fused-ring (bicyclic) bond motifs is 1. The Kier molecular flexibility index (Phi) is 7.93. The summed E-state index contributed by atoms with van der Waals surface area (Å²) in [7, 11) is -12.1. The van der Waals surface area contributed by atoms with E-state index < -0.39 is 44.7 Å². The zero-order valence-electron chi connectivity index (χ0n) is 23.9. The van der Waals surface area contributed by atoms with E-state index in [0.29, 0.717) is 13.0 Å². The summed E-state index contributed by atoms with van der Waals surface area (Å²) in [5.41, 5.74) is -0.530. The lowest BCUT2D eigenvalue weighted by molar-refractivity contribution is -0.128. The minimum absolute atomic E-state index is 0.0189. The average molecular weight is 603 g/mol. The van der Waals surface area contributed by atoms with E-state index in [-0.39, 0.29) is 49.1 Å². The first-order chi connectivity index (χ1) is 17.5. The molecule has 218 valence electrons. The van der Waals surface area contributed by atoms with E-state index in [1.54, 1.807) is 11.8 Å². The van der Waals surface area contributed by atoms with Crippen molar-refractivity contribution in [3.05, 3.63) is 29.5 Å². The van der Waals surface area contributed by atoms with Crippen LogP contribution in [0, 0.1) is 10.8 Å². The molecule has 2 N–H and O–H groups in total. The van der Waals surface area contributed by atoms with Gasteiger partial charge in [-0.3, -0.25) is 9.36 Å². The van der Waals surface area contributed by atoms with Crippen molar-refractivity contribution in [1.29, 1.82) is 0 Å². The number of sulfonamides is 2. The van der Waals surface area contributed by atoms with E-state index >= 15 is 0 Å². The zero-order chi connectivity index (χ0) is 29.9. The van der Waals surface area contributed by atoms with Crippen molar-refractivity contribution in [2.45, 2.75) is 60.9 Å². The second-order valence-electron chi connectivity index (χ2n) is 12.4. The summed E-state index contributed by atoms with van der Waals surface area (Å²) in [6, 6.07) is 3.29. The smallest absolute Gasteiger partial charge is 0.261 e. The first kappa shape index (κ1) is 31.2. The van der Waals surface area contributed by atoms with E-state index in [1.807, 2.05) is 20.8 Å². The Bertz CT molecular complexity index is 1490. The molecule has 0 radical (unpaired) electrons. The maximum absolute atomic E-state index is 14.1. The minimum Gasteiger partial charge on any atom is -0.509 e. The number of nitrogens with zero attached hydrogens (tertiary/aromatic N) is 3. The third-order valence-corrected chi connectivity index (χ3v) is 12.3. The van der Waals surface area contributed by atoms with Gasteiger partial charge in [-0.15, -0.1) is 0 Å². The van der Waals surface area contributed by atoms with Gasteiger partial charge in [0.1, 0.15) is 17.2 Å². The van der Waals surface area contributed by atoms with E-state index in [2.05, 4.69) is 30.9 Å². The molecule has 0 fully saturated rings. The molecule has 0 spiro atoms. The molecular weight excluding hydrogens is 563 g/mol. The average Bonchev–Trinajstić information content (AvgIpc) is 2.99. The lowest BCUT2D eigenvalue weighted by Crippen LogP contribution is -2.45. The number of carbonyl (C=O) groups excluding carboxylic acids is 1. The number of aliphatic hydroxyl groups is 1. The Morgan fingerprint density at radius 2 is 1.64 bits per heavy atom. The van der Waals surface area contributed by atoms with Gasteiger partial charge in [0.05, 0.1) is 35.2 Å². The zero-order valence-corrected chi connectivity index (χ0v) is 26.5. The SMILES string of the molecule is CCP1(=O)N=C(C2=C(O)C(C(C)(C)C)N(CCC(C)(C)C)C2=O)Nc2ccc(N(S(C)(=O)=O)S(C)(=O)=O)cc21. The van der Waals surface area contributed by atoms with Crippen molar-refractivity contribution in [2.24, 2.45) is 15.6 Å². The summed E-state index contributed by atoms with van der Waals surface area (Å²) in [4.78, 5) is 15.4. The first-order valence-electron chi connectivity index (χ1n) is 12.6. The van der Waals surface area contributed by atoms with Gasteiger partial charge in [-0.1, -0.05) is 48.5 Å². The highest BCUT2D eigenvalue weighted by molar-refractivity contribution is 8.09. The lowest BCUT2D eigenvalue weighted by atomic mass is 9.84. The predicted molar refractivity (Wildman–Crippen MR) is 156 cm³/mol. The van der Waals surface area contributed by atoms with Crippen molar-refractivity contribution >= 4 is 55.8 Å². The summed E-state index contributed by atoms with van der Waals surface area (Å²) in [5, 5.41) is 14.5. The fourth-order valence-corrected chi connectivity index (χ4v) is 9.68. The summed E-state index contributed by atoms with van der Waals surface area (Å²) in [6.45, 7) is 14.0. The molecular formula is C25H39N4O7PS2. The van der Waals surface area contributed by atoms with Crippen LogP contribution in [0.5, 0.6) is 0 Å². The van der Waals surface area contributed by atoms with Gasteiger partial charge in [-0.25, -0.2) is 21.6 Å². The molecule has 0 saturated carbocycles. The highest BCUT2D eigenvalue weighted by Gasteiger charge is 2.48. The monoisotopic (exact) mass is 602 g/mol. The third kappa shape index (κ3) is 6.20. The first-order valence-corrected chi connectivity index (χ1v) is 18.1. The molecule has 1 amide bonds. The number of amidine groups is 1. The Balaban J connectivity index is 2.15. The molecule has 0 bridgehead atoms. The second kappa shape index (κ2) is 9.92. The molecule has 1 aromatic rings. The summed E-state index contributed by atoms with van der Waals surface area (Å²) >= 11 is 0. The van der Waals surface area contributed by atoms with Gasteiger partial charge in [0.15, 0.2) is 0 Å². The van der Waals surface area contributed by atoms with Crippen LogP contribution < -0.4 is 14.3 Å². The van der Waals surface area contributed by atoms with Gasteiger partial charge < -0.3 is 15.3 Å². The second-order valence-corrected chi connectivity index (χ2v) is 19.0. The van der Waals surface area contributed by atoms with Crippen molar-refractivity contribution in [3.8, 4) is 0 Å². The molecule has 2 unspecified atom stereocenters. The maximum Gasteiger partial charge on any atom is 0.261 e. The molecule has 0 aliphatic carbocycles. The number of anilines is 2. The van der Waals surface area contributed by atoms with Crippen LogP contribution in [0.15, 0.2) is 34.3 Å². The predicted octanol–water partition coefficient (Wildman–Crippen LogP) is 3.66. The fourth-order valence-electron chi connectivity index (χ4n) is 4.82. The summed E-state index contributed by atoms with van der Waals surface area (Å²) < 4.78 is 68.0. The van der Waals surface area contributed by atoms with Gasteiger partial charge in [0, 0.05) is 12.7 Å². The number of hydrogen-bond acceptors (Lipinski definition) is 8. The highest BCUT2D eigenvalue weighted by Crippen LogP contribution is 2.52. The lowest BCUT2D eigenvalue weighted by Gasteiger charge is -2.36. The largest absolute Gasteiger partial charge is 0.509 e. The number of benzene rings is 1. The van der Waals surface area contributed by atoms with Crippen LogP contribution >= 0.6 is 7.29 Å². The van der Waals surface area contributed by atoms with Crippen molar-refractivity contribution in [3.63, 3.8) is 0 Å². The number of carbonyl (C=O) groups is 1. The molecule has 0 aromatic heterocycles. The molecule has 2 heterocycles. The third-order valence-electron chi connectivity index (χ3n) is 6.58. The molecule has 1 aromatic carbocycles. The molecule has 2 aliphatic rings. The van der Waals surface area contributed by atoms with E-state index in [1.165, 1.54) is 18.2 Å². The molecule has 0 saturated heterocycles. The van der Waals surface area contributed by atoms with Crippen LogP contribution in [-0.2, 0) is 29.4 Å². The van der Waals surface area contributed by atoms with Gasteiger partial charge in [0.2, 0.25) is 27.3 Å². The van der Waals surface area contributed by atoms with Crippen LogP contribution in [0.1, 0.15) is 54.9 Å². The van der Waals surface area contributed by atoms with Crippen LogP contribution in [0.25, 0.3) is 0 Å². The molecule has 3 rings (SSSR count). The number of rotatable bonds is 7. The van der Waals surface area contributed by atoms with Gasteiger partial charge >= 0.3 is 0 Å². The standard InChI is InChI=1S/C25H39N4O7PS2/c1-10-37(32)18-15-16(29(38(8,33)34)39(9,35)36)11-12-17(18)26-22(27-37)19-20(30)21(25(5,6)7)28(23(19)31)14-13-24(2,3)4/h11-12,15,21,30H,10,13-14H2,1-9H3,(H,26,27,32). The van der Waals surface area contributed by atoms with E-state index in [0.717, 1.165) is 12.5 Å². The number of aliphatic hydroxyl groups excluding tert-OH is 1. The van der Waals surface area contributed by atoms with Crippen molar-refractivity contribution in [2.75, 3.05) is 34.2 Å². The minimum atomic E-state index is -4.22. The van der Waals surface area contributed by atoms with Crippen molar-refractivity contribution in [1.82, 2.24) is 4.90 Å². The highest BCUT2D eigenvalue weighted by atomic mass is 32.3. The quantitative estimate of drug-likeness (QED) is 0.449. The maximum atomic E-state index is 14.1. The molecule has 2 aliphatic heterocycles. The summed E-state index contributed by atoms with van der Waals surface area (Å²) in [6.07, 6.45) is 2.24. The van der Waals surface area contributed by atoms with Crippen LogP contribution in [0.2, 0.25) is 0 Å². The Labute approximate surface area is 231 Å². The van der Waals surface area contributed by atoms with E-state index in [9.17, 15) is 31.3 Å². The number of nitrogens with one attached hydrogen (secondary N) is 1. The topological polar surface area (TPSA) is 154 Å². The van der Waals surface area contributed by atoms with Gasteiger partial charge in [-0.2, -0.15) is 3.71 Å². The molecule has 14 heteroatoms. The number of amides is 1. The van der Waals surface area contributed by atoms with Gasteiger partial charge in [-0.05, 0) is 35.4 Å². The molecule has 2 atom stereocenters. The van der Waals surface area contributed by atoms with Crippen LogP contribution in [0.4, 0.5) is 11.4 Å². The van der Waals surface area contributed by atoms with Crippen molar-refractivity contribution < 1.29 is 31.3 Å². The van der Waals surface area contributed by atoms with Crippen LogP contribution in [0.3, 0.4) is 0 Å². The normalized spacial score (nSPS) is 22.5.